The molecule has 1 fully saturated rings. The molecule has 1 aromatic carbocycles. The maximum Gasteiger partial charge on any atom is 0.134 e. The minimum absolute atomic E-state index is 0.190. The lowest BCUT2D eigenvalue weighted by Gasteiger charge is -2.35. The third-order valence-electron chi connectivity index (χ3n) is 3.69. The second-order valence-electron chi connectivity index (χ2n) is 5.19. The predicted molar refractivity (Wildman–Crippen MR) is 80.3 cm³/mol. The average molecular weight is 287 g/mol. The molecule has 1 saturated heterocycles. The van der Waals surface area contributed by atoms with E-state index in [-0.39, 0.29) is 5.82 Å². The van der Waals surface area contributed by atoms with Gasteiger partial charge < -0.3 is 10.6 Å². The van der Waals surface area contributed by atoms with Crippen molar-refractivity contribution in [3.63, 3.8) is 0 Å². The Balaban J connectivity index is 1.56. The van der Waals surface area contributed by atoms with Crippen molar-refractivity contribution in [2.75, 3.05) is 36.8 Å². The largest absolute Gasteiger partial charge is 0.384 e. The molecular weight excluding hydrogens is 269 g/mol. The number of piperazine rings is 1. The Labute approximate surface area is 123 Å². The van der Waals surface area contributed by atoms with Crippen molar-refractivity contribution < 1.29 is 4.39 Å². The highest BCUT2D eigenvalue weighted by molar-refractivity contribution is 5.46. The number of benzene rings is 1. The fraction of sp³-hybridized carbons (Fsp3) is 0.333. The van der Waals surface area contributed by atoms with Crippen LogP contribution in [-0.4, -0.2) is 41.0 Å². The summed E-state index contributed by atoms with van der Waals surface area (Å²) in [4.78, 5) is 12.7. The van der Waals surface area contributed by atoms with E-state index in [2.05, 4.69) is 19.8 Å². The smallest absolute Gasteiger partial charge is 0.134 e. The third kappa shape index (κ3) is 3.46. The Morgan fingerprint density at radius 2 is 1.76 bits per heavy atom. The van der Waals surface area contributed by atoms with Gasteiger partial charge in [0.25, 0.3) is 0 Å². The molecule has 0 amide bonds. The van der Waals surface area contributed by atoms with E-state index in [4.69, 9.17) is 5.73 Å². The standard InChI is InChI=1S/C15H18FN5/c16-13-3-1-12(2-4-13)10-20-5-7-21(8-6-20)15-9-14(17)18-11-19-15/h1-4,9,11H,5-8,10H2,(H2,17,18,19). The van der Waals surface area contributed by atoms with Crippen LogP contribution >= 0.6 is 0 Å². The highest BCUT2D eigenvalue weighted by atomic mass is 19.1. The van der Waals surface area contributed by atoms with Gasteiger partial charge in [-0.1, -0.05) is 12.1 Å². The number of nitrogen functional groups attached to an aromatic ring is 1. The second-order valence-corrected chi connectivity index (χ2v) is 5.19. The average Bonchev–Trinajstić information content (AvgIpc) is 2.50. The van der Waals surface area contributed by atoms with Crippen LogP contribution in [0.3, 0.4) is 0 Å². The molecule has 0 unspecified atom stereocenters. The summed E-state index contributed by atoms with van der Waals surface area (Å²) in [7, 11) is 0. The molecule has 21 heavy (non-hydrogen) atoms. The molecule has 1 aliphatic rings. The molecule has 2 N–H and O–H groups in total. The summed E-state index contributed by atoms with van der Waals surface area (Å²) >= 11 is 0. The van der Waals surface area contributed by atoms with E-state index in [1.165, 1.54) is 18.5 Å². The van der Waals surface area contributed by atoms with E-state index in [0.29, 0.717) is 5.82 Å². The Hall–Kier alpha value is -2.21. The van der Waals surface area contributed by atoms with E-state index in [0.717, 1.165) is 44.1 Å². The molecule has 0 bridgehead atoms. The van der Waals surface area contributed by atoms with Gasteiger partial charge in [0, 0.05) is 38.8 Å². The van der Waals surface area contributed by atoms with Crippen molar-refractivity contribution >= 4 is 11.6 Å². The van der Waals surface area contributed by atoms with E-state index in [1.807, 2.05) is 12.1 Å². The summed E-state index contributed by atoms with van der Waals surface area (Å²) in [6.45, 7) is 4.54. The molecule has 0 aliphatic carbocycles. The molecule has 2 aromatic rings. The summed E-state index contributed by atoms with van der Waals surface area (Å²) in [6.07, 6.45) is 1.50. The summed E-state index contributed by atoms with van der Waals surface area (Å²) in [6, 6.07) is 8.50. The lowest BCUT2D eigenvalue weighted by atomic mass is 10.2. The predicted octanol–water partition coefficient (Wildman–Crippen LogP) is 1.52. The number of hydrogen-bond acceptors (Lipinski definition) is 5. The maximum atomic E-state index is 12.9. The van der Waals surface area contributed by atoms with Crippen LogP contribution in [0.4, 0.5) is 16.0 Å². The van der Waals surface area contributed by atoms with Crippen molar-refractivity contribution in [1.82, 2.24) is 14.9 Å². The van der Waals surface area contributed by atoms with Gasteiger partial charge in [-0.15, -0.1) is 0 Å². The molecular formula is C15H18FN5. The molecule has 2 heterocycles. The van der Waals surface area contributed by atoms with Crippen LogP contribution in [0.15, 0.2) is 36.7 Å². The highest BCUT2D eigenvalue weighted by Gasteiger charge is 2.18. The van der Waals surface area contributed by atoms with E-state index < -0.39 is 0 Å². The van der Waals surface area contributed by atoms with Gasteiger partial charge in [0.2, 0.25) is 0 Å². The summed E-state index contributed by atoms with van der Waals surface area (Å²) in [5.74, 6) is 1.18. The van der Waals surface area contributed by atoms with Crippen LogP contribution in [-0.2, 0) is 6.54 Å². The normalized spacial score (nSPS) is 16.1. The molecule has 5 nitrogen and oxygen atoms in total. The molecule has 110 valence electrons. The summed E-state index contributed by atoms with van der Waals surface area (Å²) in [5, 5.41) is 0. The first-order chi connectivity index (χ1) is 10.2. The van der Waals surface area contributed by atoms with Gasteiger partial charge in [0.05, 0.1) is 0 Å². The van der Waals surface area contributed by atoms with Crippen molar-refractivity contribution in [3.8, 4) is 0 Å². The van der Waals surface area contributed by atoms with E-state index >= 15 is 0 Å². The topological polar surface area (TPSA) is 58.3 Å². The molecule has 0 atom stereocenters. The lowest BCUT2D eigenvalue weighted by Crippen LogP contribution is -2.46. The first kappa shape index (κ1) is 13.8. The minimum Gasteiger partial charge on any atom is -0.384 e. The van der Waals surface area contributed by atoms with Crippen molar-refractivity contribution in [3.05, 3.63) is 48.0 Å². The van der Waals surface area contributed by atoms with Gasteiger partial charge in [0.1, 0.15) is 23.8 Å². The van der Waals surface area contributed by atoms with E-state index in [9.17, 15) is 4.39 Å². The van der Waals surface area contributed by atoms with Crippen molar-refractivity contribution in [2.24, 2.45) is 0 Å². The quantitative estimate of drug-likeness (QED) is 0.927. The number of rotatable bonds is 3. The zero-order valence-corrected chi connectivity index (χ0v) is 11.7. The minimum atomic E-state index is -0.190. The number of anilines is 2. The third-order valence-corrected chi connectivity index (χ3v) is 3.69. The Morgan fingerprint density at radius 1 is 1.05 bits per heavy atom. The fourth-order valence-electron chi connectivity index (χ4n) is 2.52. The molecule has 6 heteroatoms. The lowest BCUT2D eigenvalue weighted by molar-refractivity contribution is 0.249. The van der Waals surface area contributed by atoms with Crippen molar-refractivity contribution in [2.45, 2.75) is 6.54 Å². The molecule has 0 radical (unpaired) electrons. The Bertz CT molecular complexity index is 593. The van der Waals surface area contributed by atoms with Crippen LogP contribution < -0.4 is 10.6 Å². The highest BCUT2D eigenvalue weighted by Crippen LogP contribution is 2.16. The zero-order valence-electron chi connectivity index (χ0n) is 11.7. The SMILES string of the molecule is Nc1cc(N2CCN(Cc3ccc(F)cc3)CC2)ncn1. The van der Waals surface area contributed by atoms with Gasteiger partial charge in [-0.2, -0.15) is 0 Å². The van der Waals surface area contributed by atoms with Gasteiger partial charge in [-0.3, -0.25) is 4.90 Å². The molecule has 3 rings (SSSR count). The zero-order chi connectivity index (χ0) is 14.7. The van der Waals surface area contributed by atoms with Gasteiger partial charge >= 0.3 is 0 Å². The van der Waals surface area contributed by atoms with Crippen LogP contribution in [0.1, 0.15) is 5.56 Å². The van der Waals surface area contributed by atoms with Gasteiger partial charge in [-0.05, 0) is 17.7 Å². The Morgan fingerprint density at radius 3 is 2.43 bits per heavy atom. The molecule has 1 aliphatic heterocycles. The number of nitrogens with two attached hydrogens (primary N) is 1. The maximum absolute atomic E-state index is 12.9. The molecule has 1 aromatic heterocycles. The summed E-state index contributed by atoms with van der Waals surface area (Å²) < 4.78 is 12.9. The van der Waals surface area contributed by atoms with Gasteiger partial charge in [0.15, 0.2) is 0 Å². The monoisotopic (exact) mass is 287 g/mol. The van der Waals surface area contributed by atoms with Crippen LogP contribution in [0.25, 0.3) is 0 Å². The van der Waals surface area contributed by atoms with Crippen LogP contribution in [0.5, 0.6) is 0 Å². The Kier molecular flexibility index (Phi) is 3.96. The number of aromatic nitrogens is 2. The number of nitrogens with zero attached hydrogens (tertiary/aromatic N) is 4. The molecule has 0 spiro atoms. The summed E-state index contributed by atoms with van der Waals surface area (Å²) in [5.41, 5.74) is 6.82. The number of hydrogen-bond donors (Lipinski definition) is 1. The van der Waals surface area contributed by atoms with Crippen LogP contribution in [0.2, 0.25) is 0 Å². The van der Waals surface area contributed by atoms with Crippen molar-refractivity contribution in [1.29, 1.82) is 0 Å². The fourth-order valence-corrected chi connectivity index (χ4v) is 2.52. The first-order valence-electron chi connectivity index (χ1n) is 7.00. The van der Waals surface area contributed by atoms with E-state index in [1.54, 1.807) is 6.07 Å². The first-order valence-corrected chi connectivity index (χ1v) is 7.00. The number of halogens is 1. The molecule has 0 saturated carbocycles. The van der Waals surface area contributed by atoms with Gasteiger partial charge in [-0.25, -0.2) is 14.4 Å². The van der Waals surface area contributed by atoms with Crippen LogP contribution in [0, 0.1) is 5.82 Å². The second kappa shape index (κ2) is 6.05.